The monoisotopic (exact) mass is 358 g/mol. The largest absolute Gasteiger partial charge is 0.497 e. The summed E-state index contributed by atoms with van der Waals surface area (Å²) in [7, 11) is 1.66. The fraction of sp³-hybridized carbons (Fsp3) is 0.182. The van der Waals surface area contributed by atoms with Crippen LogP contribution in [0.3, 0.4) is 0 Å². The van der Waals surface area contributed by atoms with Crippen LogP contribution in [-0.2, 0) is 12.8 Å². The Morgan fingerprint density at radius 1 is 1.00 bits per heavy atom. The highest BCUT2D eigenvalue weighted by Crippen LogP contribution is 2.16. The van der Waals surface area contributed by atoms with Gasteiger partial charge in [-0.05, 0) is 67.1 Å². The van der Waals surface area contributed by atoms with Crippen molar-refractivity contribution in [1.29, 1.82) is 5.26 Å². The van der Waals surface area contributed by atoms with Crippen molar-refractivity contribution >= 4 is 11.3 Å². The molecule has 0 aliphatic rings. The molecule has 4 heteroatoms. The standard InChI is InChI=1S/C22H18N2OS/c1-16-24-21(15-26-16)8-5-19-11-18(12-20(13-19)14-23)4-3-17-6-9-22(25-2)10-7-17/h6-7,9-13,15H,3-4H2,1-2H3. The first-order valence-corrected chi connectivity index (χ1v) is 9.15. The van der Waals surface area contributed by atoms with Gasteiger partial charge in [0, 0.05) is 10.9 Å². The second-order valence-corrected chi connectivity index (χ2v) is 6.94. The molecule has 0 aliphatic carbocycles. The molecule has 3 aromatic rings. The molecule has 2 aromatic carbocycles. The average molecular weight is 358 g/mol. The predicted octanol–water partition coefficient (Wildman–Crippen LogP) is 4.52. The number of hydrogen-bond donors (Lipinski definition) is 0. The van der Waals surface area contributed by atoms with Gasteiger partial charge in [0.25, 0.3) is 0 Å². The molecule has 0 saturated heterocycles. The van der Waals surface area contributed by atoms with Gasteiger partial charge in [-0.25, -0.2) is 4.98 Å². The number of ether oxygens (including phenoxy) is 1. The number of hydrogen-bond acceptors (Lipinski definition) is 4. The third-order valence-corrected chi connectivity index (χ3v) is 4.71. The highest BCUT2D eigenvalue weighted by atomic mass is 32.1. The van der Waals surface area contributed by atoms with E-state index in [1.165, 1.54) is 5.56 Å². The van der Waals surface area contributed by atoms with Gasteiger partial charge in [-0.3, -0.25) is 0 Å². The average Bonchev–Trinajstić information content (AvgIpc) is 3.10. The summed E-state index contributed by atoms with van der Waals surface area (Å²) in [5, 5.41) is 12.2. The molecule has 0 bridgehead atoms. The van der Waals surface area contributed by atoms with Gasteiger partial charge >= 0.3 is 0 Å². The van der Waals surface area contributed by atoms with Crippen LogP contribution >= 0.6 is 11.3 Å². The smallest absolute Gasteiger partial charge is 0.124 e. The molecule has 128 valence electrons. The molecule has 1 heterocycles. The molecule has 26 heavy (non-hydrogen) atoms. The second kappa shape index (κ2) is 8.34. The molecule has 0 saturated carbocycles. The molecule has 0 unspecified atom stereocenters. The summed E-state index contributed by atoms with van der Waals surface area (Å²) in [4.78, 5) is 4.35. The van der Waals surface area contributed by atoms with Gasteiger partial charge in [-0.1, -0.05) is 18.1 Å². The quantitative estimate of drug-likeness (QED) is 0.644. The van der Waals surface area contributed by atoms with Crippen LogP contribution in [0.1, 0.15) is 33.0 Å². The highest BCUT2D eigenvalue weighted by Gasteiger charge is 2.02. The van der Waals surface area contributed by atoms with Crippen LogP contribution in [0.15, 0.2) is 47.8 Å². The zero-order valence-electron chi connectivity index (χ0n) is 14.7. The van der Waals surface area contributed by atoms with Crippen molar-refractivity contribution < 1.29 is 4.74 Å². The summed E-state index contributed by atoms with van der Waals surface area (Å²) in [6.45, 7) is 1.96. The number of nitriles is 1. The van der Waals surface area contributed by atoms with Crippen LogP contribution in [0, 0.1) is 30.1 Å². The van der Waals surface area contributed by atoms with E-state index in [2.05, 4.69) is 41.1 Å². The fourth-order valence-electron chi connectivity index (χ4n) is 2.61. The molecular formula is C22H18N2OS. The molecule has 0 atom stereocenters. The van der Waals surface area contributed by atoms with Crippen molar-refractivity contribution in [3.8, 4) is 23.7 Å². The molecule has 1 aromatic heterocycles. The van der Waals surface area contributed by atoms with E-state index in [1.54, 1.807) is 18.4 Å². The van der Waals surface area contributed by atoms with E-state index in [-0.39, 0.29) is 0 Å². The maximum absolute atomic E-state index is 9.30. The summed E-state index contributed by atoms with van der Waals surface area (Å²) < 4.78 is 5.19. The normalized spacial score (nSPS) is 9.88. The minimum atomic E-state index is 0.635. The molecule has 3 rings (SSSR count). The molecule has 0 fully saturated rings. The number of rotatable bonds is 4. The van der Waals surface area contributed by atoms with E-state index in [9.17, 15) is 5.26 Å². The van der Waals surface area contributed by atoms with Crippen molar-refractivity contribution in [2.45, 2.75) is 19.8 Å². The number of nitrogens with zero attached hydrogens (tertiary/aromatic N) is 2. The summed E-state index contributed by atoms with van der Waals surface area (Å²) in [5.74, 6) is 7.06. The van der Waals surface area contributed by atoms with E-state index >= 15 is 0 Å². The Balaban J connectivity index is 1.76. The zero-order chi connectivity index (χ0) is 18.4. The Morgan fingerprint density at radius 3 is 2.38 bits per heavy atom. The molecule has 3 nitrogen and oxygen atoms in total. The molecule has 0 N–H and O–H groups in total. The minimum Gasteiger partial charge on any atom is -0.497 e. The van der Waals surface area contributed by atoms with Crippen molar-refractivity contribution in [2.75, 3.05) is 7.11 Å². The Labute approximate surface area is 157 Å². The lowest BCUT2D eigenvalue weighted by Crippen LogP contribution is -1.94. The van der Waals surface area contributed by atoms with Crippen LogP contribution in [0.25, 0.3) is 0 Å². The van der Waals surface area contributed by atoms with Crippen molar-refractivity contribution in [2.24, 2.45) is 0 Å². The van der Waals surface area contributed by atoms with Crippen LogP contribution < -0.4 is 4.74 Å². The Kier molecular flexibility index (Phi) is 5.69. The van der Waals surface area contributed by atoms with Gasteiger partial charge in [-0.15, -0.1) is 11.3 Å². The van der Waals surface area contributed by atoms with Gasteiger partial charge in [0.15, 0.2) is 0 Å². The minimum absolute atomic E-state index is 0.635. The predicted molar refractivity (Wildman–Crippen MR) is 104 cm³/mol. The fourth-order valence-corrected chi connectivity index (χ4v) is 3.16. The highest BCUT2D eigenvalue weighted by molar-refractivity contribution is 7.09. The summed E-state index contributed by atoms with van der Waals surface area (Å²) >= 11 is 1.58. The Hall–Kier alpha value is -3.08. The summed E-state index contributed by atoms with van der Waals surface area (Å²) in [5.41, 5.74) is 4.60. The van der Waals surface area contributed by atoms with Crippen LogP contribution in [0.5, 0.6) is 5.75 Å². The molecule has 0 aliphatic heterocycles. The molecule has 0 spiro atoms. The van der Waals surface area contributed by atoms with Crippen molar-refractivity contribution in [1.82, 2.24) is 4.98 Å². The van der Waals surface area contributed by atoms with E-state index in [0.717, 1.165) is 40.4 Å². The van der Waals surface area contributed by atoms with Crippen LogP contribution in [0.4, 0.5) is 0 Å². The van der Waals surface area contributed by atoms with Crippen molar-refractivity contribution in [3.63, 3.8) is 0 Å². The Morgan fingerprint density at radius 2 is 1.73 bits per heavy atom. The van der Waals surface area contributed by atoms with Gasteiger partial charge in [0.2, 0.25) is 0 Å². The molecule has 0 radical (unpaired) electrons. The lowest BCUT2D eigenvalue weighted by Gasteiger charge is -2.05. The van der Waals surface area contributed by atoms with E-state index in [4.69, 9.17) is 4.74 Å². The first-order valence-electron chi connectivity index (χ1n) is 8.27. The SMILES string of the molecule is COc1ccc(CCc2cc(C#N)cc(C#Cc3csc(C)n3)c2)cc1. The summed E-state index contributed by atoms with van der Waals surface area (Å²) in [6.07, 6.45) is 1.75. The lowest BCUT2D eigenvalue weighted by atomic mass is 10.00. The number of thiazole rings is 1. The number of benzene rings is 2. The topological polar surface area (TPSA) is 45.9 Å². The molecular weight excluding hydrogens is 340 g/mol. The Bertz CT molecular complexity index is 1000. The number of aryl methyl sites for hydroxylation is 3. The maximum Gasteiger partial charge on any atom is 0.124 e. The van der Waals surface area contributed by atoms with Gasteiger partial charge in [-0.2, -0.15) is 5.26 Å². The zero-order valence-corrected chi connectivity index (χ0v) is 15.6. The first-order chi connectivity index (χ1) is 12.7. The number of methoxy groups -OCH3 is 1. The lowest BCUT2D eigenvalue weighted by molar-refractivity contribution is 0.414. The third-order valence-electron chi connectivity index (χ3n) is 3.94. The van der Waals surface area contributed by atoms with Gasteiger partial charge in [0.05, 0.1) is 23.8 Å². The maximum atomic E-state index is 9.30. The van der Waals surface area contributed by atoms with E-state index < -0.39 is 0 Å². The van der Waals surface area contributed by atoms with Crippen LogP contribution in [-0.4, -0.2) is 12.1 Å². The van der Waals surface area contributed by atoms with Crippen molar-refractivity contribution in [3.05, 3.63) is 80.8 Å². The third kappa shape index (κ3) is 4.72. The van der Waals surface area contributed by atoms with E-state index in [1.807, 2.05) is 36.6 Å². The second-order valence-electron chi connectivity index (χ2n) is 5.88. The first kappa shape index (κ1) is 17.7. The summed E-state index contributed by atoms with van der Waals surface area (Å²) in [6, 6.07) is 16.1. The van der Waals surface area contributed by atoms with E-state index in [0.29, 0.717) is 5.56 Å². The van der Waals surface area contributed by atoms with Gasteiger partial charge < -0.3 is 4.74 Å². The van der Waals surface area contributed by atoms with Crippen LogP contribution in [0.2, 0.25) is 0 Å². The van der Waals surface area contributed by atoms with Gasteiger partial charge in [0.1, 0.15) is 11.4 Å². The number of aromatic nitrogens is 1. The molecule has 0 amide bonds.